The Morgan fingerprint density at radius 3 is 2.32 bits per heavy atom. The summed E-state index contributed by atoms with van der Waals surface area (Å²) in [6.45, 7) is 2.85. The lowest BCUT2D eigenvalue weighted by Crippen LogP contribution is -2.30. The molecule has 1 saturated heterocycles. The first-order chi connectivity index (χ1) is 12.2. The first-order valence-electron chi connectivity index (χ1n) is 8.40. The Bertz CT molecular complexity index is 723. The number of ether oxygens (including phenoxy) is 2. The second-order valence-corrected chi connectivity index (χ2v) is 7.11. The molecule has 0 aliphatic carbocycles. The van der Waals surface area contributed by atoms with Crippen LogP contribution in [-0.4, -0.2) is 37.3 Å². The summed E-state index contributed by atoms with van der Waals surface area (Å²) in [5, 5.41) is -0.0256. The molecule has 132 valence electrons. The molecule has 1 aliphatic heterocycles. The van der Waals surface area contributed by atoms with Crippen LogP contribution >= 0.6 is 11.8 Å². The minimum absolute atomic E-state index is 0.0256. The fraction of sp³-hybridized carbons (Fsp3) is 0.350. The molecule has 0 bridgehead atoms. The Balaban J connectivity index is 1.88. The van der Waals surface area contributed by atoms with Gasteiger partial charge in [-0.15, -0.1) is 11.8 Å². The van der Waals surface area contributed by atoms with E-state index in [9.17, 15) is 4.79 Å². The van der Waals surface area contributed by atoms with Crippen LogP contribution in [0.15, 0.2) is 42.5 Å². The van der Waals surface area contributed by atoms with Gasteiger partial charge in [-0.3, -0.25) is 4.79 Å². The summed E-state index contributed by atoms with van der Waals surface area (Å²) >= 11 is 1.77. The Labute approximate surface area is 153 Å². The molecular weight excluding hydrogens is 334 g/mol. The largest absolute Gasteiger partial charge is 0.497 e. The summed E-state index contributed by atoms with van der Waals surface area (Å²) in [6.07, 6.45) is 0.972. The number of nitrogens with zero attached hydrogens (tertiary/aromatic N) is 1. The fourth-order valence-electron chi connectivity index (χ4n) is 2.97. The molecule has 0 aromatic heterocycles. The normalized spacial score (nSPS) is 16.8. The molecule has 1 amide bonds. The van der Waals surface area contributed by atoms with Crippen LogP contribution in [0.5, 0.6) is 11.5 Å². The van der Waals surface area contributed by atoms with Crippen LogP contribution in [0.2, 0.25) is 0 Å². The van der Waals surface area contributed by atoms with Gasteiger partial charge in [-0.25, -0.2) is 0 Å². The van der Waals surface area contributed by atoms with Crippen LogP contribution < -0.4 is 9.47 Å². The maximum atomic E-state index is 13.0. The molecule has 1 unspecified atom stereocenters. The molecule has 2 aromatic rings. The highest BCUT2D eigenvalue weighted by atomic mass is 32.2. The van der Waals surface area contributed by atoms with Crippen molar-refractivity contribution in [3.05, 3.63) is 59.2 Å². The summed E-state index contributed by atoms with van der Waals surface area (Å²) in [7, 11) is 3.27. The molecule has 2 aromatic carbocycles. The third-order valence-electron chi connectivity index (χ3n) is 4.42. The quantitative estimate of drug-likeness (QED) is 0.806. The van der Waals surface area contributed by atoms with E-state index in [4.69, 9.17) is 9.47 Å². The van der Waals surface area contributed by atoms with Gasteiger partial charge in [-0.05, 0) is 41.8 Å². The third-order valence-corrected chi connectivity index (χ3v) is 5.68. The van der Waals surface area contributed by atoms with Gasteiger partial charge < -0.3 is 14.4 Å². The molecule has 5 heteroatoms. The summed E-state index contributed by atoms with van der Waals surface area (Å²) in [5.74, 6) is 2.46. The maximum absolute atomic E-state index is 13.0. The zero-order valence-electron chi connectivity index (χ0n) is 14.8. The van der Waals surface area contributed by atoms with Crippen molar-refractivity contribution in [3.8, 4) is 11.5 Å². The fourth-order valence-corrected chi connectivity index (χ4v) is 4.21. The topological polar surface area (TPSA) is 38.8 Å². The van der Waals surface area contributed by atoms with Crippen LogP contribution in [0.25, 0.3) is 0 Å². The summed E-state index contributed by atoms with van der Waals surface area (Å²) in [6, 6.07) is 13.7. The van der Waals surface area contributed by atoms with E-state index in [0.29, 0.717) is 0 Å². The zero-order valence-corrected chi connectivity index (χ0v) is 15.6. The number of aryl methyl sites for hydroxylation is 1. The molecule has 0 radical (unpaired) electrons. The van der Waals surface area contributed by atoms with E-state index in [1.807, 2.05) is 47.4 Å². The van der Waals surface area contributed by atoms with Crippen molar-refractivity contribution >= 4 is 17.7 Å². The highest BCUT2D eigenvalue weighted by Crippen LogP contribution is 2.41. The minimum atomic E-state index is -0.0256. The average molecular weight is 357 g/mol. The van der Waals surface area contributed by atoms with Crippen molar-refractivity contribution < 1.29 is 14.3 Å². The first-order valence-corrected chi connectivity index (χ1v) is 9.45. The van der Waals surface area contributed by atoms with Gasteiger partial charge in [-0.2, -0.15) is 0 Å². The molecule has 4 nitrogen and oxygen atoms in total. The Morgan fingerprint density at radius 2 is 1.76 bits per heavy atom. The number of thioether (sulfide) groups is 1. The van der Waals surface area contributed by atoms with E-state index in [1.54, 1.807) is 26.0 Å². The number of hydrogen-bond acceptors (Lipinski definition) is 4. The number of amides is 1. The maximum Gasteiger partial charge on any atom is 0.255 e. The van der Waals surface area contributed by atoms with Crippen molar-refractivity contribution in [3.63, 3.8) is 0 Å². The Kier molecular flexibility index (Phi) is 5.53. The Hall–Kier alpha value is -2.14. The van der Waals surface area contributed by atoms with Crippen molar-refractivity contribution in [1.29, 1.82) is 0 Å². The van der Waals surface area contributed by atoms with E-state index in [1.165, 1.54) is 5.56 Å². The highest BCUT2D eigenvalue weighted by molar-refractivity contribution is 7.99. The molecule has 25 heavy (non-hydrogen) atoms. The number of hydrogen-bond donors (Lipinski definition) is 0. The lowest BCUT2D eigenvalue weighted by atomic mass is 10.1. The van der Waals surface area contributed by atoms with Gasteiger partial charge in [0.15, 0.2) is 0 Å². The zero-order chi connectivity index (χ0) is 17.8. The Morgan fingerprint density at radius 1 is 1.12 bits per heavy atom. The van der Waals surface area contributed by atoms with Gasteiger partial charge >= 0.3 is 0 Å². The van der Waals surface area contributed by atoms with Crippen molar-refractivity contribution in [2.75, 3.05) is 26.5 Å². The highest BCUT2D eigenvalue weighted by Gasteiger charge is 2.31. The standard InChI is InChI=1S/C20H23NO3S/c1-4-14-5-7-15(8-6-14)19(22)21-9-10-25-20(21)16-11-17(23-2)13-18(12-16)24-3/h5-8,11-13,20H,4,9-10H2,1-3H3. The van der Waals surface area contributed by atoms with E-state index in [-0.39, 0.29) is 11.3 Å². The van der Waals surface area contributed by atoms with Gasteiger partial charge in [0.2, 0.25) is 0 Å². The van der Waals surface area contributed by atoms with Gasteiger partial charge in [-0.1, -0.05) is 19.1 Å². The number of benzene rings is 2. The first kappa shape index (κ1) is 17.7. The van der Waals surface area contributed by atoms with Gasteiger partial charge in [0.1, 0.15) is 16.9 Å². The number of methoxy groups -OCH3 is 2. The van der Waals surface area contributed by atoms with E-state index in [0.717, 1.165) is 41.3 Å². The average Bonchev–Trinajstić information content (AvgIpc) is 3.16. The molecule has 1 fully saturated rings. The van der Waals surface area contributed by atoms with Gasteiger partial charge in [0.25, 0.3) is 5.91 Å². The smallest absolute Gasteiger partial charge is 0.255 e. The van der Waals surface area contributed by atoms with Crippen molar-refractivity contribution in [1.82, 2.24) is 4.90 Å². The second kappa shape index (κ2) is 7.83. The molecule has 0 saturated carbocycles. The van der Waals surface area contributed by atoms with Gasteiger partial charge in [0, 0.05) is 23.9 Å². The molecular formula is C20H23NO3S. The van der Waals surface area contributed by atoms with E-state index in [2.05, 4.69) is 6.92 Å². The van der Waals surface area contributed by atoms with Gasteiger partial charge in [0.05, 0.1) is 14.2 Å². The van der Waals surface area contributed by atoms with Crippen molar-refractivity contribution in [2.45, 2.75) is 18.7 Å². The molecule has 3 rings (SSSR count). The number of carbonyl (C=O) groups excluding carboxylic acids is 1. The lowest BCUT2D eigenvalue weighted by Gasteiger charge is -2.25. The molecule has 0 N–H and O–H groups in total. The van der Waals surface area contributed by atoms with Crippen molar-refractivity contribution in [2.24, 2.45) is 0 Å². The van der Waals surface area contributed by atoms with Crippen LogP contribution in [0.3, 0.4) is 0 Å². The van der Waals surface area contributed by atoms with Crippen LogP contribution in [-0.2, 0) is 6.42 Å². The molecule has 1 atom stereocenters. The molecule has 1 aliphatic rings. The molecule has 0 spiro atoms. The van der Waals surface area contributed by atoms with E-state index < -0.39 is 0 Å². The lowest BCUT2D eigenvalue weighted by molar-refractivity contribution is 0.0760. The van der Waals surface area contributed by atoms with Crippen LogP contribution in [0.1, 0.15) is 33.8 Å². The monoisotopic (exact) mass is 357 g/mol. The number of carbonyl (C=O) groups is 1. The van der Waals surface area contributed by atoms with Crippen LogP contribution in [0, 0.1) is 0 Å². The minimum Gasteiger partial charge on any atom is -0.497 e. The summed E-state index contributed by atoms with van der Waals surface area (Å²) in [5.41, 5.74) is 3.00. The van der Waals surface area contributed by atoms with E-state index >= 15 is 0 Å². The summed E-state index contributed by atoms with van der Waals surface area (Å²) in [4.78, 5) is 14.9. The second-order valence-electron chi connectivity index (χ2n) is 5.92. The predicted octanol–water partition coefficient (Wildman–Crippen LogP) is 4.15. The third kappa shape index (κ3) is 3.76. The SMILES string of the molecule is CCc1ccc(C(=O)N2CCSC2c2cc(OC)cc(OC)c2)cc1. The number of rotatable bonds is 5. The summed E-state index contributed by atoms with van der Waals surface area (Å²) < 4.78 is 10.7. The molecule has 1 heterocycles. The van der Waals surface area contributed by atoms with Crippen LogP contribution in [0.4, 0.5) is 0 Å². The predicted molar refractivity (Wildman–Crippen MR) is 102 cm³/mol.